The lowest BCUT2D eigenvalue weighted by Crippen LogP contribution is -2.29. The van der Waals surface area contributed by atoms with E-state index in [0.29, 0.717) is 56.3 Å². The van der Waals surface area contributed by atoms with Crippen molar-refractivity contribution in [2.45, 2.75) is 50.2 Å². The van der Waals surface area contributed by atoms with E-state index < -0.39 is 12.0 Å². The molecular formula is C32H32Cl2N4O4S. The van der Waals surface area contributed by atoms with Crippen molar-refractivity contribution in [3.63, 3.8) is 0 Å². The first kappa shape index (κ1) is 30.8. The maximum Gasteiger partial charge on any atom is 0.338 e. The minimum atomic E-state index is -0.612. The van der Waals surface area contributed by atoms with Crippen molar-refractivity contribution in [3.05, 3.63) is 105 Å². The van der Waals surface area contributed by atoms with E-state index in [4.69, 9.17) is 47.5 Å². The number of nitrogens with one attached hydrogen (secondary N) is 1. The SMILES string of the molecule is CCCCOC(=O)C1=C(C)Nc2nc(SCc3ccccc3Cl)nn2C1c1ccc(OCc2ccccc2Cl)c(OC)c1. The zero-order valence-corrected chi connectivity index (χ0v) is 26.4. The molecule has 0 saturated carbocycles. The molecule has 4 aromatic rings. The van der Waals surface area contributed by atoms with Crippen LogP contribution in [-0.4, -0.2) is 34.5 Å². The van der Waals surface area contributed by atoms with Crippen LogP contribution >= 0.6 is 35.0 Å². The van der Waals surface area contributed by atoms with Crippen molar-refractivity contribution in [2.75, 3.05) is 19.0 Å². The minimum Gasteiger partial charge on any atom is -0.493 e. The van der Waals surface area contributed by atoms with Gasteiger partial charge in [0.1, 0.15) is 12.6 Å². The lowest BCUT2D eigenvalue weighted by atomic mass is 9.95. The summed E-state index contributed by atoms with van der Waals surface area (Å²) in [7, 11) is 1.58. The largest absolute Gasteiger partial charge is 0.493 e. The zero-order chi connectivity index (χ0) is 30.3. The van der Waals surface area contributed by atoms with Gasteiger partial charge in [0, 0.05) is 27.1 Å². The minimum absolute atomic E-state index is 0.274. The summed E-state index contributed by atoms with van der Waals surface area (Å²) in [5.41, 5.74) is 3.70. The van der Waals surface area contributed by atoms with Crippen LogP contribution in [-0.2, 0) is 21.9 Å². The Hall–Kier alpha value is -3.66. The fraction of sp³-hybridized carbons (Fsp3) is 0.281. The van der Waals surface area contributed by atoms with E-state index in [1.54, 1.807) is 11.8 Å². The molecule has 1 N–H and O–H groups in total. The smallest absolute Gasteiger partial charge is 0.338 e. The van der Waals surface area contributed by atoms with Gasteiger partial charge in [0.25, 0.3) is 0 Å². The van der Waals surface area contributed by atoms with Crippen molar-refractivity contribution in [1.29, 1.82) is 0 Å². The Kier molecular flexibility index (Phi) is 10.2. The molecule has 1 aliphatic rings. The van der Waals surface area contributed by atoms with Crippen molar-refractivity contribution >= 4 is 46.9 Å². The van der Waals surface area contributed by atoms with Gasteiger partial charge in [0.15, 0.2) is 11.5 Å². The maximum atomic E-state index is 13.5. The van der Waals surface area contributed by atoms with Crippen LogP contribution in [0.3, 0.4) is 0 Å². The van der Waals surface area contributed by atoms with Gasteiger partial charge in [0.05, 0.1) is 19.3 Å². The highest BCUT2D eigenvalue weighted by Crippen LogP contribution is 2.40. The Bertz CT molecular complexity index is 1640. The summed E-state index contributed by atoms with van der Waals surface area (Å²) in [4.78, 5) is 18.2. The normalized spacial score (nSPS) is 14.2. The van der Waals surface area contributed by atoms with Crippen LogP contribution in [0.4, 0.5) is 5.95 Å². The number of nitrogens with zero attached hydrogens (tertiary/aromatic N) is 3. The number of carbonyl (C=O) groups is 1. The number of unbranched alkanes of at least 4 members (excludes halogenated alkanes) is 1. The maximum absolute atomic E-state index is 13.5. The van der Waals surface area contributed by atoms with Crippen LogP contribution < -0.4 is 14.8 Å². The number of hydrogen-bond donors (Lipinski definition) is 1. The van der Waals surface area contributed by atoms with Gasteiger partial charge in [-0.05, 0) is 48.7 Å². The van der Waals surface area contributed by atoms with Gasteiger partial charge in [0.2, 0.25) is 11.1 Å². The van der Waals surface area contributed by atoms with Crippen LogP contribution in [0, 0.1) is 0 Å². The molecule has 43 heavy (non-hydrogen) atoms. The third-order valence-corrected chi connectivity index (χ3v) is 8.57. The molecule has 3 aromatic carbocycles. The molecule has 1 aromatic heterocycles. The fourth-order valence-electron chi connectivity index (χ4n) is 4.65. The quantitative estimate of drug-likeness (QED) is 0.0946. The van der Waals surface area contributed by atoms with Crippen LogP contribution in [0.2, 0.25) is 10.0 Å². The molecule has 0 aliphatic carbocycles. The molecule has 11 heteroatoms. The summed E-state index contributed by atoms with van der Waals surface area (Å²) in [6.45, 7) is 4.50. The molecule has 0 saturated heterocycles. The number of fused-ring (bicyclic) bond motifs is 1. The molecule has 1 unspecified atom stereocenters. The summed E-state index contributed by atoms with van der Waals surface area (Å²) in [6.07, 6.45) is 1.69. The Labute approximate surface area is 265 Å². The second kappa shape index (κ2) is 14.2. The second-order valence-electron chi connectivity index (χ2n) is 9.89. The Morgan fingerprint density at radius 3 is 2.44 bits per heavy atom. The number of thioether (sulfide) groups is 1. The highest BCUT2D eigenvalue weighted by molar-refractivity contribution is 7.98. The van der Waals surface area contributed by atoms with E-state index in [-0.39, 0.29) is 6.61 Å². The van der Waals surface area contributed by atoms with E-state index in [0.717, 1.165) is 29.5 Å². The lowest BCUT2D eigenvalue weighted by Gasteiger charge is -2.28. The van der Waals surface area contributed by atoms with Crippen molar-refractivity contribution in [2.24, 2.45) is 0 Å². The topological polar surface area (TPSA) is 87.5 Å². The molecule has 2 heterocycles. The molecule has 0 radical (unpaired) electrons. The van der Waals surface area contributed by atoms with Gasteiger partial charge in [-0.25, -0.2) is 9.48 Å². The van der Waals surface area contributed by atoms with Crippen LogP contribution in [0.25, 0.3) is 0 Å². The van der Waals surface area contributed by atoms with E-state index in [9.17, 15) is 4.79 Å². The highest BCUT2D eigenvalue weighted by atomic mass is 35.5. The molecule has 224 valence electrons. The van der Waals surface area contributed by atoms with Gasteiger partial charge in [-0.2, -0.15) is 4.98 Å². The molecule has 8 nitrogen and oxygen atoms in total. The molecule has 1 atom stereocenters. The predicted octanol–water partition coefficient (Wildman–Crippen LogP) is 8.10. The molecular weight excluding hydrogens is 607 g/mol. The van der Waals surface area contributed by atoms with E-state index in [1.165, 1.54) is 11.8 Å². The number of hydrogen-bond acceptors (Lipinski definition) is 8. The van der Waals surface area contributed by atoms with Gasteiger partial charge < -0.3 is 19.5 Å². The monoisotopic (exact) mass is 638 g/mol. The summed E-state index contributed by atoms with van der Waals surface area (Å²) >= 11 is 14.2. The Balaban J connectivity index is 1.47. The van der Waals surface area contributed by atoms with E-state index in [1.807, 2.05) is 73.7 Å². The van der Waals surface area contributed by atoms with Gasteiger partial charge in [-0.1, -0.05) is 90.8 Å². The average Bonchev–Trinajstić information content (AvgIpc) is 3.42. The number of allylic oxidation sites excluding steroid dienone is 1. The van der Waals surface area contributed by atoms with E-state index >= 15 is 0 Å². The fourth-order valence-corrected chi connectivity index (χ4v) is 5.96. The predicted molar refractivity (Wildman–Crippen MR) is 170 cm³/mol. The number of aromatic nitrogens is 3. The third-order valence-electron chi connectivity index (χ3n) is 6.94. The average molecular weight is 640 g/mol. The summed E-state index contributed by atoms with van der Waals surface area (Å²) in [5.74, 6) is 1.76. The number of rotatable bonds is 12. The summed E-state index contributed by atoms with van der Waals surface area (Å²) < 4.78 is 19.2. The molecule has 0 fully saturated rings. The second-order valence-corrected chi connectivity index (χ2v) is 11.6. The Morgan fingerprint density at radius 1 is 1.02 bits per heavy atom. The zero-order valence-electron chi connectivity index (χ0n) is 24.1. The number of benzene rings is 3. The molecule has 5 rings (SSSR count). The molecule has 0 bridgehead atoms. The lowest BCUT2D eigenvalue weighted by molar-refractivity contribution is -0.139. The van der Waals surface area contributed by atoms with Gasteiger partial charge in [-0.3, -0.25) is 0 Å². The molecule has 0 amide bonds. The van der Waals surface area contributed by atoms with Crippen LogP contribution in [0.15, 0.2) is 83.2 Å². The van der Waals surface area contributed by atoms with Crippen LogP contribution in [0.5, 0.6) is 11.5 Å². The standard InChI is InChI=1S/C32H32Cl2N4O4S/c1-4-5-16-41-30(39)28-20(2)35-31-36-32(43-19-23-11-7-9-13-25(23)34)37-38(31)29(28)21-14-15-26(27(17-21)40-3)42-18-22-10-6-8-12-24(22)33/h6-15,17,29H,4-5,16,18-19H2,1-3H3,(H,35,36,37). The van der Waals surface area contributed by atoms with Crippen molar-refractivity contribution < 1.29 is 19.0 Å². The van der Waals surface area contributed by atoms with Gasteiger partial charge in [-0.15, -0.1) is 5.10 Å². The van der Waals surface area contributed by atoms with E-state index in [2.05, 4.69) is 12.2 Å². The number of methoxy groups -OCH3 is 1. The first-order chi connectivity index (χ1) is 20.9. The van der Waals surface area contributed by atoms with Gasteiger partial charge >= 0.3 is 5.97 Å². The first-order valence-corrected chi connectivity index (χ1v) is 15.7. The number of halogens is 2. The Morgan fingerprint density at radius 2 is 1.74 bits per heavy atom. The summed E-state index contributed by atoms with van der Waals surface area (Å²) in [6, 6.07) is 20.2. The van der Waals surface area contributed by atoms with Crippen molar-refractivity contribution in [1.82, 2.24) is 14.8 Å². The summed E-state index contributed by atoms with van der Waals surface area (Å²) in [5, 5.41) is 9.93. The molecule has 1 aliphatic heterocycles. The number of esters is 1. The van der Waals surface area contributed by atoms with Crippen molar-refractivity contribution in [3.8, 4) is 11.5 Å². The number of carbonyl (C=O) groups excluding carboxylic acids is 1. The number of ether oxygens (including phenoxy) is 3. The third kappa shape index (κ3) is 7.12. The first-order valence-electron chi connectivity index (χ1n) is 13.9. The highest BCUT2D eigenvalue weighted by Gasteiger charge is 2.36. The number of anilines is 1. The molecule has 0 spiro atoms. The van der Waals surface area contributed by atoms with Crippen LogP contribution in [0.1, 0.15) is 49.4 Å².